The van der Waals surface area contributed by atoms with Gasteiger partial charge in [0, 0.05) is 50.0 Å². The molecule has 0 aliphatic carbocycles. The molecule has 2 aromatic rings. The van der Waals surface area contributed by atoms with Gasteiger partial charge in [-0.25, -0.2) is 13.2 Å². The van der Waals surface area contributed by atoms with E-state index in [1.807, 2.05) is 18.2 Å². The van der Waals surface area contributed by atoms with Crippen molar-refractivity contribution in [1.82, 2.24) is 14.1 Å². The summed E-state index contributed by atoms with van der Waals surface area (Å²) in [5.41, 5.74) is 1.97. The van der Waals surface area contributed by atoms with E-state index in [1.165, 1.54) is 11.4 Å². The molecular formula is C28H36ClN5O5S. The molecular weight excluding hydrogens is 554 g/mol. The lowest BCUT2D eigenvalue weighted by molar-refractivity contribution is -0.135. The van der Waals surface area contributed by atoms with Crippen molar-refractivity contribution in [3.05, 3.63) is 64.7 Å². The van der Waals surface area contributed by atoms with Gasteiger partial charge in [0.05, 0.1) is 30.5 Å². The highest BCUT2D eigenvalue weighted by Gasteiger charge is 2.32. The van der Waals surface area contributed by atoms with Crippen LogP contribution in [0, 0.1) is 11.3 Å². The lowest BCUT2D eigenvalue weighted by atomic mass is 10.0. The highest BCUT2D eigenvalue weighted by Crippen LogP contribution is 2.22. The number of halogens is 1. The number of benzene rings is 2. The fourth-order valence-electron chi connectivity index (χ4n) is 4.56. The number of urea groups is 1. The number of nitrogens with zero attached hydrogens (tertiary/aromatic N) is 4. The van der Waals surface area contributed by atoms with Gasteiger partial charge in [-0.05, 0) is 61.2 Å². The van der Waals surface area contributed by atoms with E-state index < -0.39 is 10.0 Å². The molecule has 40 heavy (non-hydrogen) atoms. The van der Waals surface area contributed by atoms with Crippen LogP contribution < -0.4 is 5.32 Å². The number of likely N-dealkylation sites (tertiary alicyclic amines) is 1. The van der Waals surface area contributed by atoms with Crippen LogP contribution >= 0.6 is 11.6 Å². The Morgan fingerprint density at radius 1 is 1.12 bits per heavy atom. The maximum Gasteiger partial charge on any atom is 0.321 e. The van der Waals surface area contributed by atoms with Gasteiger partial charge >= 0.3 is 6.03 Å². The van der Waals surface area contributed by atoms with Gasteiger partial charge in [-0.3, -0.25) is 4.79 Å². The highest BCUT2D eigenvalue weighted by molar-refractivity contribution is 7.89. The van der Waals surface area contributed by atoms with Crippen LogP contribution in [-0.4, -0.2) is 86.2 Å². The Kier molecular flexibility index (Phi) is 11.8. The van der Waals surface area contributed by atoms with E-state index in [9.17, 15) is 18.0 Å². The van der Waals surface area contributed by atoms with E-state index >= 15 is 0 Å². The van der Waals surface area contributed by atoms with Crippen LogP contribution in [-0.2, 0) is 26.1 Å². The maximum absolute atomic E-state index is 13.7. The van der Waals surface area contributed by atoms with Gasteiger partial charge in [-0.1, -0.05) is 30.7 Å². The molecule has 1 saturated heterocycles. The Balaban J connectivity index is 1.72. The fourth-order valence-corrected chi connectivity index (χ4v) is 6.12. The number of ether oxygens (including phenoxy) is 1. The normalized spacial score (nSPS) is 14.1. The van der Waals surface area contributed by atoms with Crippen LogP contribution in [0.3, 0.4) is 0 Å². The van der Waals surface area contributed by atoms with E-state index in [-0.39, 0.29) is 43.4 Å². The van der Waals surface area contributed by atoms with Crippen LogP contribution in [0.2, 0.25) is 5.02 Å². The summed E-state index contributed by atoms with van der Waals surface area (Å²) in [5, 5.41) is 12.4. The summed E-state index contributed by atoms with van der Waals surface area (Å²) in [4.78, 5) is 29.9. The average molecular weight is 590 g/mol. The zero-order chi connectivity index (χ0) is 29.1. The van der Waals surface area contributed by atoms with Crippen molar-refractivity contribution in [2.24, 2.45) is 0 Å². The summed E-state index contributed by atoms with van der Waals surface area (Å²) in [5.74, 6) is -0.348. The van der Waals surface area contributed by atoms with Gasteiger partial charge < -0.3 is 19.9 Å². The first-order valence-electron chi connectivity index (χ1n) is 13.2. The van der Waals surface area contributed by atoms with Crippen LogP contribution in [0.25, 0.3) is 0 Å². The third-order valence-corrected chi connectivity index (χ3v) is 9.03. The maximum atomic E-state index is 13.7. The molecule has 3 rings (SSSR count). The number of hydrogen-bond donors (Lipinski definition) is 1. The number of rotatable bonds is 12. The molecule has 10 nitrogen and oxygen atoms in total. The molecule has 2 aromatic carbocycles. The number of nitrogens with one attached hydrogen (secondary N) is 1. The lowest BCUT2D eigenvalue weighted by Gasteiger charge is -2.39. The monoisotopic (exact) mass is 589 g/mol. The van der Waals surface area contributed by atoms with E-state index in [0.717, 1.165) is 5.56 Å². The molecule has 1 N–H and O–H groups in total. The second-order valence-corrected chi connectivity index (χ2v) is 12.2. The first-order chi connectivity index (χ1) is 19.2. The second-order valence-electron chi connectivity index (χ2n) is 9.63. The summed E-state index contributed by atoms with van der Waals surface area (Å²) < 4.78 is 32.1. The minimum atomic E-state index is -3.63. The first-order valence-corrected chi connectivity index (χ1v) is 15.2. The third kappa shape index (κ3) is 8.93. The summed E-state index contributed by atoms with van der Waals surface area (Å²) >= 11 is 6.05. The molecule has 0 unspecified atom stereocenters. The van der Waals surface area contributed by atoms with Crippen molar-refractivity contribution in [1.29, 1.82) is 5.26 Å². The van der Waals surface area contributed by atoms with Crippen molar-refractivity contribution >= 4 is 39.2 Å². The number of carbonyl (C=O) groups is 2. The van der Waals surface area contributed by atoms with Gasteiger partial charge in [0.15, 0.2) is 0 Å². The van der Waals surface area contributed by atoms with E-state index in [0.29, 0.717) is 55.2 Å². The standard InChI is InChI=1S/C28H36ClN5O5S/c1-3-18-40(37,38)33(16-17-39-2)21-27(35)34(20-23-4-8-24(29)9-5-23)26-12-14-32(15-13-26)28(36)31-25-10-6-22(19-30)7-11-25/h4-11,26H,3,12-18,20-21H2,1-2H3,(H,31,36). The van der Waals surface area contributed by atoms with Gasteiger partial charge in [-0.15, -0.1) is 0 Å². The quantitative estimate of drug-likeness (QED) is 0.400. The molecule has 216 valence electrons. The minimum absolute atomic E-state index is 0.0477. The number of amides is 3. The van der Waals surface area contributed by atoms with Crippen molar-refractivity contribution in [2.75, 3.05) is 51.0 Å². The van der Waals surface area contributed by atoms with Crippen LogP contribution in [0.4, 0.5) is 10.5 Å². The summed E-state index contributed by atoms with van der Waals surface area (Å²) in [6, 6.07) is 15.4. The van der Waals surface area contributed by atoms with E-state index in [1.54, 1.807) is 53.1 Å². The largest absolute Gasteiger partial charge is 0.383 e. The SMILES string of the molecule is CCCS(=O)(=O)N(CCOC)CC(=O)N(Cc1ccc(Cl)cc1)C1CCN(C(=O)Nc2ccc(C#N)cc2)CC1. The molecule has 1 heterocycles. The molecule has 0 radical (unpaired) electrons. The second kappa shape index (κ2) is 15.0. The number of anilines is 1. The lowest BCUT2D eigenvalue weighted by Crippen LogP contribution is -2.52. The molecule has 1 fully saturated rings. The number of hydrogen-bond acceptors (Lipinski definition) is 6. The van der Waals surface area contributed by atoms with Crippen molar-refractivity contribution in [2.45, 2.75) is 38.8 Å². The van der Waals surface area contributed by atoms with Gasteiger partial charge in [0.1, 0.15) is 0 Å². The first kappa shape index (κ1) is 31.4. The van der Waals surface area contributed by atoms with Crippen molar-refractivity contribution in [3.63, 3.8) is 0 Å². The number of nitriles is 1. The molecule has 3 amide bonds. The smallest absolute Gasteiger partial charge is 0.321 e. The Hall–Kier alpha value is -3.17. The zero-order valence-corrected chi connectivity index (χ0v) is 24.5. The number of carbonyl (C=O) groups excluding carboxylic acids is 2. The summed E-state index contributed by atoms with van der Waals surface area (Å²) in [6.07, 6.45) is 1.53. The summed E-state index contributed by atoms with van der Waals surface area (Å²) in [6.45, 7) is 2.93. The number of sulfonamides is 1. The topological polar surface area (TPSA) is 123 Å². The zero-order valence-electron chi connectivity index (χ0n) is 22.9. The molecule has 1 aliphatic heterocycles. The Morgan fingerprint density at radius 2 is 1.77 bits per heavy atom. The Bertz CT molecular complexity index is 1270. The van der Waals surface area contributed by atoms with E-state index in [2.05, 4.69) is 5.32 Å². The number of piperidine rings is 1. The van der Waals surface area contributed by atoms with E-state index in [4.69, 9.17) is 21.6 Å². The molecule has 0 atom stereocenters. The fraction of sp³-hybridized carbons (Fsp3) is 0.464. The summed E-state index contributed by atoms with van der Waals surface area (Å²) in [7, 11) is -2.14. The minimum Gasteiger partial charge on any atom is -0.383 e. The Morgan fingerprint density at radius 3 is 2.35 bits per heavy atom. The van der Waals surface area contributed by atoms with Gasteiger partial charge in [-0.2, -0.15) is 9.57 Å². The van der Waals surface area contributed by atoms with Crippen molar-refractivity contribution in [3.8, 4) is 6.07 Å². The van der Waals surface area contributed by atoms with Gasteiger partial charge in [0.2, 0.25) is 15.9 Å². The highest BCUT2D eigenvalue weighted by atomic mass is 35.5. The van der Waals surface area contributed by atoms with Crippen molar-refractivity contribution < 1.29 is 22.7 Å². The predicted molar refractivity (Wildman–Crippen MR) is 154 cm³/mol. The number of methoxy groups -OCH3 is 1. The average Bonchev–Trinajstić information content (AvgIpc) is 2.95. The van der Waals surface area contributed by atoms with Crippen LogP contribution in [0.1, 0.15) is 37.3 Å². The molecule has 0 spiro atoms. The van der Waals surface area contributed by atoms with Crippen LogP contribution in [0.15, 0.2) is 48.5 Å². The third-order valence-electron chi connectivity index (χ3n) is 6.76. The molecule has 0 bridgehead atoms. The van der Waals surface area contributed by atoms with Gasteiger partial charge in [0.25, 0.3) is 0 Å². The Labute approximate surface area is 241 Å². The van der Waals surface area contributed by atoms with Crippen LogP contribution in [0.5, 0.6) is 0 Å². The molecule has 0 saturated carbocycles. The molecule has 12 heteroatoms. The molecule has 0 aromatic heterocycles. The molecule has 1 aliphatic rings. The predicted octanol–water partition coefficient (Wildman–Crippen LogP) is 3.92.